The van der Waals surface area contributed by atoms with Gasteiger partial charge in [0.05, 0.1) is 21.0 Å². The van der Waals surface area contributed by atoms with Gasteiger partial charge in [-0.05, 0) is 41.1 Å². The van der Waals surface area contributed by atoms with E-state index in [9.17, 15) is 0 Å². The van der Waals surface area contributed by atoms with Crippen LogP contribution in [-0.2, 0) is 7.05 Å². The van der Waals surface area contributed by atoms with Gasteiger partial charge in [0.25, 0.3) is 0 Å². The van der Waals surface area contributed by atoms with Crippen LogP contribution in [0.3, 0.4) is 0 Å². The van der Waals surface area contributed by atoms with Crippen LogP contribution in [0.15, 0.2) is 30.6 Å². The fourth-order valence-corrected chi connectivity index (χ4v) is 2.65. The largest absolute Gasteiger partial charge is 0.369 e. The molecule has 0 aliphatic heterocycles. The number of nitrogens with one attached hydrogen (secondary N) is 2. The zero-order valence-corrected chi connectivity index (χ0v) is 14.6. The summed E-state index contributed by atoms with van der Waals surface area (Å²) in [6.45, 7) is 3.02. The first-order valence-corrected chi connectivity index (χ1v) is 8.21. The average molecular weight is 408 g/mol. The van der Waals surface area contributed by atoms with Crippen molar-refractivity contribution in [3.05, 3.63) is 34.2 Å². The normalized spacial score (nSPS) is 10.9. The van der Waals surface area contributed by atoms with E-state index in [0.29, 0.717) is 5.95 Å². The van der Waals surface area contributed by atoms with Crippen molar-refractivity contribution in [2.75, 3.05) is 17.2 Å². The molecule has 1 aromatic carbocycles. The van der Waals surface area contributed by atoms with Crippen molar-refractivity contribution in [1.82, 2.24) is 19.7 Å². The molecule has 2 aromatic heterocycles. The molecule has 0 aliphatic carbocycles. The first-order chi connectivity index (χ1) is 10.7. The average Bonchev–Trinajstić information content (AvgIpc) is 2.90. The van der Waals surface area contributed by atoms with E-state index in [4.69, 9.17) is 0 Å². The van der Waals surface area contributed by atoms with Gasteiger partial charge in [-0.1, -0.05) is 13.0 Å². The minimum absolute atomic E-state index is 0.579. The Hall–Kier alpha value is -1.90. The summed E-state index contributed by atoms with van der Waals surface area (Å²) >= 11 is 2.24. The SMILES string of the molecule is CCCNc1nc(Nc2cccc3c2cnn3C)ncc1I. The Labute approximate surface area is 142 Å². The van der Waals surface area contributed by atoms with Crippen LogP contribution in [0.1, 0.15) is 13.3 Å². The van der Waals surface area contributed by atoms with Gasteiger partial charge in [-0.3, -0.25) is 4.68 Å². The van der Waals surface area contributed by atoms with Crippen LogP contribution < -0.4 is 10.6 Å². The van der Waals surface area contributed by atoms with Gasteiger partial charge in [-0.25, -0.2) is 4.98 Å². The molecular weight excluding hydrogens is 391 g/mol. The summed E-state index contributed by atoms with van der Waals surface area (Å²) in [6.07, 6.45) is 4.72. The van der Waals surface area contributed by atoms with Gasteiger partial charge in [-0.15, -0.1) is 0 Å². The Balaban J connectivity index is 1.91. The number of aryl methyl sites for hydroxylation is 1. The lowest BCUT2D eigenvalue weighted by Gasteiger charge is -2.10. The Morgan fingerprint density at radius 2 is 2.14 bits per heavy atom. The summed E-state index contributed by atoms with van der Waals surface area (Å²) < 4.78 is 2.86. The predicted octanol–water partition coefficient (Wildman–Crippen LogP) is 3.53. The maximum Gasteiger partial charge on any atom is 0.229 e. The van der Waals surface area contributed by atoms with Gasteiger partial charge in [0.15, 0.2) is 0 Å². The first-order valence-electron chi connectivity index (χ1n) is 7.13. The third-order valence-electron chi connectivity index (χ3n) is 3.32. The summed E-state index contributed by atoms with van der Waals surface area (Å²) in [5, 5.41) is 11.9. The van der Waals surface area contributed by atoms with Crippen LogP contribution in [0, 0.1) is 3.57 Å². The molecule has 2 heterocycles. The molecule has 0 saturated carbocycles. The summed E-state index contributed by atoms with van der Waals surface area (Å²) in [5.41, 5.74) is 2.02. The van der Waals surface area contributed by atoms with E-state index in [2.05, 4.69) is 55.2 Å². The van der Waals surface area contributed by atoms with E-state index in [1.54, 1.807) is 0 Å². The molecular formula is C15H17IN6. The molecule has 3 rings (SSSR count). The molecule has 0 fully saturated rings. The smallest absolute Gasteiger partial charge is 0.229 e. The second-order valence-corrected chi connectivity index (χ2v) is 6.11. The van der Waals surface area contributed by atoms with Gasteiger partial charge in [0.2, 0.25) is 5.95 Å². The van der Waals surface area contributed by atoms with Crippen molar-refractivity contribution in [3.63, 3.8) is 0 Å². The van der Waals surface area contributed by atoms with E-state index in [-0.39, 0.29) is 0 Å². The van der Waals surface area contributed by atoms with Gasteiger partial charge in [0.1, 0.15) is 5.82 Å². The van der Waals surface area contributed by atoms with Crippen LogP contribution in [0.4, 0.5) is 17.5 Å². The fraction of sp³-hybridized carbons (Fsp3) is 0.267. The Morgan fingerprint density at radius 3 is 2.95 bits per heavy atom. The van der Waals surface area contributed by atoms with E-state index in [1.807, 2.05) is 42.3 Å². The monoisotopic (exact) mass is 408 g/mol. The quantitative estimate of drug-likeness (QED) is 0.633. The van der Waals surface area contributed by atoms with Crippen LogP contribution in [0.5, 0.6) is 0 Å². The number of rotatable bonds is 5. The lowest BCUT2D eigenvalue weighted by atomic mass is 10.2. The lowest BCUT2D eigenvalue weighted by molar-refractivity contribution is 0.797. The molecule has 0 bridgehead atoms. The maximum absolute atomic E-state index is 4.55. The van der Waals surface area contributed by atoms with E-state index in [0.717, 1.165) is 38.9 Å². The molecule has 0 aliphatic rings. The zero-order chi connectivity index (χ0) is 15.5. The zero-order valence-electron chi connectivity index (χ0n) is 12.5. The van der Waals surface area contributed by atoms with Crippen LogP contribution in [0.25, 0.3) is 10.9 Å². The topological polar surface area (TPSA) is 67.7 Å². The minimum atomic E-state index is 0.579. The summed E-state index contributed by atoms with van der Waals surface area (Å²) in [6, 6.07) is 6.04. The highest BCUT2D eigenvalue weighted by Crippen LogP contribution is 2.25. The van der Waals surface area contributed by atoms with Gasteiger partial charge < -0.3 is 10.6 Å². The Morgan fingerprint density at radius 1 is 1.27 bits per heavy atom. The number of anilines is 3. The number of aromatic nitrogens is 4. The van der Waals surface area contributed by atoms with E-state index in [1.165, 1.54) is 0 Å². The molecule has 3 aromatic rings. The number of hydrogen-bond donors (Lipinski definition) is 2. The molecule has 2 N–H and O–H groups in total. The first kappa shape index (κ1) is 15.0. The summed E-state index contributed by atoms with van der Waals surface area (Å²) in [4.78, 5) is 8.91. The molecule has 6 nitrogen and oxygen atoms in total. The molecule has 0 radical (unpaired) electrons. The highest BCUT2D eigenvalue weighted by Gasteiger charge is 2.08. The van der Waals surface area contributed by atoms with E-state index >= 15 is 0 Å². The second-order valence-electron chi connectivity index (χ2n) is 4.95. The minimum Gasteiger partial charge on any atom is -0.369 e. The summed E-state index contributed by atoms with van der Waals surface area (Å²) in [7, 11) is 1.93. The van der Waals surface area contributed by atoms with Crippen molar-refractivity contribution < 1.29 is 0 Å². The Kier molecular flexibility index (Phi) is 4.41. The molecule has 7 heteroatoms. The molecule has 22 heavy (non-hydrogen) atoms. The number of hydrogen-bond acceptors (Lipinski definition) is 5. The van der Waals surface area contributed by atoms with Crippen LogP contribution in [-0.4, -0.2) is 26.3 Å². The summed E-state index contributed by atoms with van der Waals surface area (Å²) in [5.74, 6) is 1.44. The molecule has 0 saturated heterocycles. The molecule has 0 unspecified atom stereocenters. The van der Waals surface area contributed by atoms with Crippen molar-refractivity contribution in [1.29, 1.82) is 0 Å². The number of fused-ring (bicyclic) bond motifs is 1. The molecule has 114 valence electrons. The highest BCUT2D eigenvalue weighted by molar-refractivity contribution is 14.1. The van der Waals surface area contributed by atoms with Gasteiger partial charge in [-0.2, -0.15) is 10.1 Å². The van der Waals surface area contributed by atoms with Crippen molar-refractivity contribution in [3.8, 4) is 0 Å². The van der Waals surface area contributed by atoms with Crippen molar-refractivity contribution in [2.45, 2.75) is 13.3 Å². The van der Waals surface area contributed by atoms with Crippen molar-refractivity contribution >= 4 is 50.9 Å². The van der Waals surface area contributed by atoms with Crippen LogP contribution in [0.2, 0.25) is 0 Å². The van der Waals surface area contributed by atoms with Crippen LogP contribution >= 0.6 is 22.6 Å². The lowest BCUT2D eigenvalue weighted by Crippen LogP contribution is -2.07. The van der Waals surface area contributed by atoms with Gasteiger partial charge >= 0.3 is 0 Å². The molecule has 0 atom stereocenters. The molecule has 0 spiro atoms. The fourth-order valence-electron chi connectivity index (χ4n) is 2.20. The third-order valence-corrected chi connectivity index (χ3v) is 4.11. The van der Waals surface area contributed by atoms with Gasteiger partial charge in [0, 0.05) is 25.2 Å². The number of nitrogens with zero attached hydrogens (tertiary/aromatic N) is 4. The van der Waals surface area contributed by atoms with E-state index < -0.39 is 0 Å². The second kappa shape index (κ2) is 6.47. The standard InChI is InChI=1S/C15H17IN6/c1-3-7-17-14-11(16)9-18-15(21-14)20-12-5-4-6-13-10(12)8-19-22(13)2/h4-6,8-9H,3,7H2,1-2H3,(H2,17,18,20,21). The third kappa shape index (κ3) is 2.99. The molecule has 0 amide bonds. The van der Waals surface area contributed by atoms with Crippen molar-refractivity contribution in [2.24, 2.45) is 7.05 Å². The predicted molar refractivity (Wildman–Crippen MR) is 97.5 cm³/mol. The Bertz CT molecular complexity index is 798. The number of halogens is 1. The highest BCUT2D eigenvalue weighted by atomic mass is 127. The maximum atomic E-state index is 4.55. The number of benzene rings is 1.